The average molecular weight is 482 g/mol. The monoisotopic (exact) mass is 481 g/mol. The lowest BCUT2D eigenvalue weighted by molar-refractivity contribution is -0.116. The van der Waals surface area contributed by atoms with Crippen molar-refractivity contribution in [1.29, 1.82) is 0 Å². The molecular weight excluding hydrogens is 458 g/mol. The van der Waals surface area contributed by atoms with Gasteiger partial charge in [0.2, 0.25) is 11.8 Å². The van der Waals surface area contributed by atoms with Crippen LogP contribution in [0.25, 0.3) is 11.3 Å². The SMILES string of the molecule is CCC(Sc1nnc(-c2ccccc2NC(C)=O)c(=O)[nH]1)C(=O)Nc1ccc2c(c1)OCCO2. The number of anilines is 2. The summed E-state index contributed by atoms with van der Waals surface area (Å²) >= 11 is 1.11. The Bertz CT molecular complexity index is 1280. The number of fused-ring (bicyclic) bond motifs is 1. The number of para-hydroxylation sites is 1. The number of aromatic amines is 1. The van der Waals surface area contributed by atoms with Gasteiger partial charge >= 0.3 is 0 Å². The number of H-pyrrole nitrogens is 1. The number of benzene rings is 2. The molecule has 0 fully saturated rings. The van der Waals surface area contributed by atoms with Gasteiger partial charge in [-0.05, 0) is 24.6 Å². The van der Waals surface area contributed by atoms with Crippen LogP contribution in [-0.4, -0.2) is 45.5 Å². The highest BCUT2D eigenvalue weighted by atomic mass is 32.2. The topological polar surface area (TPSA) is 135 Å². The summed E-state index contributed by atoms with van der Waals surface area (Å²) in [4.78, 5) is 39.7. The Morgan fingerprint density at radius 2 is 1.85 bits per heavy atom. The van der Waals surface area contributed by atoms with Crippen LogP contribution in [0.3, 0.4) is 0 Å². The molecule has 10 nitrogen and oxygen atoms in total. The number of nitrogens with zero attached hydrogens (tertiary/aromatic N) is 2. The van der Waals surface area contributed by atoms with Crippen molar-refractivity contribution < 1.29 is 19.1 Å². The average Bonchev–Trinajstić information content (AvgIpc) is 2.82. The summed E-state index contributed by atoms with van der Waals surface area (Å²) in [6.45, 7) is 4.19. The molecule has 3 N–H and O–H groups in total. The highest BCUT2D eigenvalue weighted by Gasteiger charge is 2.22. The van der Waals surface area contributed by atoms with E-state index < -0.39 is 10.8 Å². The molecule has 0 saturated heterocycles. The minimum atomic E-state index is -0.518. The molecule has 0 spiro atoms. The fraction of sp³-hybridized carbons (Fsp3) is 0.261. The molecule has 0 aliphatic carbocycles. The summed E-state index contributed by atoms with van der Waals surface area (Å²) in [6.07, 6.45) is 0.498. The van der Waals surface area contributed by atoms with Crippen LogP contribution in [0.15, 0.2) is 52.4 Å². The second-order valence-corrected chi connectivity index (χ2v) is 8.59. The number of carbonyl (C=O) groups is 2. The van der Waals surface area contributed by atoms with Crippen molar-refractivity contribution in [3.8, 4) is 22.8 Å². The van der Waals surface area contributed by atoms with Crippen molar-refractivity contribution >= 4 is 35.0 Å². The van der Waals surface area contributed by atoms with Crippen molar-refractivity contribution in [2.45, 2.75) is 30.7 Å². The minimum absolute atomic E-state index is 0.0717. The summed E-state index contributed by atoms with van der Waals surface area (Å²) in [5.74, 6) is 0.708. The highest BCUT2D eigenvalue weighted by Crippen LogP contribution is 2.33. The van der Waals surface area contributed by atoms with E-state index >= 15 is 0 Å². The van der Waals surface area contributed by atoms with Gasteiger partial charge in [0, 0.05) is 24.2 Å². The fourth-order valence-corrected chi connectivity index (χ4v) is 4.18. The molecule has 1 aliphatic rings. The smallest absolute Gasteiger partial charge is 0.278 e. The van der Waals surface area contributed by atoms with Crippen molar-refractivity contribution in [2.24, 2.45) is 0 Å². The summed E-state index contributed by atoms with van der Waals surface area (Å²) in [7, 11) is 0. The molecular formula is C23H23N5O5S. The van der Waals surface area contributed by atoms with Crippen LogP contribution < -0.4 is 25.7 Å². The Morgan fingerprint density at radius 1 is 1.09 bits per heavy atom. The van der Waals surface area contributed by atoms with Crippen LogP contribution in [0.4, 0.5) is 11.4 Å². The Morgan fingerprint density at radius 3 is 2.59 bits per heavy atom. The van der Waals surface area contributed by atoms with Gasteiger partial charge in [-0.25, -0.2) is 0 Å². The van der Waals surface area contributed by atoms with Gasteiger partial charge in [-0.1, -0.05) is 36.9 Å². The van der Waals surface area contributed by atoms with Gasteiger partial charge in [0.25, 0.3) is 5.56 Å². The lowest BCUT2D eigenvalue weighted by Gasteiger charge is -2.19. The number of carbonyl (C=O) groups excluding carboxylic acids is 2. The van der Waals surface area contributed by atoms with E-state index in [4.69, 9.17) is 9.47 Å². The largest absolute Gasteiger partial charge is 0.486 e. The first-order valence-corrected chi connectivity index (χ1v) is 11.5. The Kier molecular flexibility index (Phi) is 7.12. The third-order valence-electron chi connectivity index (χ3n) is 4.90. The molecule has 11 heteroatoms. The van der Waals surface area contributed by atoms with Gasteiger partial charge in [0.15, 0.2) is 22.3 Å². The van der Waals surface area contributed by atoms with E-state index in [2.05, 4.69) is 25.8 Å². The number of rotatable bonds is 7. The van der Waals surface area contributed by atoms with E-state index in [1.54, 1.807) is 42.5 Å². The molecule has 2 aromatic carbocycles. The standard InChI is InChI=1S/C23H23N5O5S/c1-3-19(21(30)25-14-8-9-17-18(12-14)33-11-10-32-17)34-23-26-22(31)20(27-28-23)15-6-4-5-7-16(15)24-13(2)29/h4-9,12,19H,3,10-11H2,1-2H3,(H,24,29)(H,25,30)(H,26,28,31). The quantitative estimate of drug-likeness (QED) is 0.438. The molecule has 2 heterocycles. The zero-order chi connectivity index (χ0) is 24.1. The molecule has 0 radical (unpaired) electrons. The first-order valence-electron chi connectivity index (χ1n) is 10.7. The predicted molar refractivity (Wildman–Crippen MR) is 128 cm³/mol. The second kappa shape index (κ2) is 10.4. The van der Waals surface area contributed by atoms with Gasteiger partial charge in [-0.2, -0.15) is 0 Å². The minimum Gasteiger partial charge on any atom is -0.486 e. The normalized spacial score (nSPS) is 13.1. The van der Waals surface area contributed by atoms with Crippen molar-refractivity contribution in [2.75, 3.05) is 23.8 Å². The van der Waals surface area contributed by atoms with Crippen molar-refractivity contribution in [3.63, 3.8) is 0 Å². The first-order chi connectivity index (χ1) is 16.4. The molecule has 34 heavy (non-hydrogen) atoms. The summed E-state index contributed by atoms with van der Waals surface area (Å²) < 4.78 is 11.1. The molecule has 3 aromatic rings. The predicted octanol–water partition coefficient (Wildman–Crippen LogP) is 3.07. The summed E-state index contributed by atoms with van der Waals surface area (Å²) in [5, 5.41) is 13.4. The summed E-state index contributed by atoms with van der Waals surface area (Å²) in [6, 6.07) is 12.0. The first kappa shape index (κ1) is 23.3. The molecule has 4 rings (SSSR count). The molecule has 1 atom stereocenters. The summed E-state index contributed by atoms with van der Waals surface area (Å²) in [5.41, 5.74) is 1.09. The van der Waals surface area contributed by atoms with E-state index in [1.165, 1.54) is 6.92 Å². The Hall–Kier alpha value is -3.86. The number of amides is 2. The van der Waals surface area contributed by atoms with Crippen molar-refractivity contribution in [3.05, 3.63) is 52.8 Å². The maximum atomic E-state index is 12.9. The number of aromatic nitrogens is 3. The van der Waals surface area contributed by atoms with Gasteiger partial charge in [0.05, 0.1) is 10.9 Å². The van der Waals surface area contributed by atoms with Gasteiger partial charge < -0.3 is 20.1 Å². The van der Waals surface area contributed by atoms with E-state index in [0.717, 1.165) is 11.8 Å². The number of thioether (sulfide) groups is 1. The maximum Gasteiger partial charge on any atom is 0.278 e. The molecule has 0 bridgehead atoms. The number of hydrogen-bond acceptors (Lipinski definition) is 8. The lowest BCUT2D eigenvalue weighted by atomic mass is 10.1. The van der Waals surface area contributed by atoms with Gasteiger partial charge in [0.1, 0.15) is 13.2 Å². The highest BCUT2D eigenvalue weighted by molar-refractivity contribution is 8.00. The van der Waals surface area contributed by atoms with Crippen LogP contribution >= 0.6 is 11.8 Å². The molecule has 2 amide bonds. The second-order valence-electron chi connectivity index (χ2n) is 7.40. The van der Waals surface area contributed by atoms with Crippen LogP contribution in [0, 0.1) is 0 Å². The lowest BCUT2D eigenvalue weighted by Crippen LogP contribution is -2.26. The third-order valence-corrected chi connectivity index (χ3v) is 6.13. The molecule has 1 aromatic heterocycles. The number of nitrogens with one attached hydrogen (secondary N) is 3. The van der Waals surface area contributed by atoms with E-state index in [1.807, 2.05) is 6.92 Å². The van der Waals surface area contributed by atoms with E-state index in [-0.39, 0.29) is 22.7 Å². The van der Waals surface area contributed by atoms with E-state index in [0.29, 0.717) is 48.1 Å². The zero-order valence-electron chi connectivity index (χ0n) is 18.6. The molecule has 1 aliphatic heterocycles. The third kappa shape index (κ3) is 5.37. The number of ether oxygens (including phenoxy) is 2. The van der Waals surface area contributed by atoms with E-state index in [9.17, 15) is 14.4 Å². The Labute approximate surface area is 199 Å². The molecule has 176 valence electrons. The molecule has 0 saturated carbocycles. The van der Waals surface area contributed by atoms with Crippen molar-refractivity contribution in [1.82, 2.24) is 15.2 Å². The number of hydrogen-bond donors (Lipinski definition) is 3. The van der Waals surface area contributed by atoms with Gasteiger partial charge in [-0.15, -0.1) is 10.2 Å². The van der Waals surface area contributed by atoms with Crippen LogP contribution in [0.5, 0.6) is 11.5 Å². The maximum absolute atomic E-state index is 12.9. The van der Waals surface area contributed by atoms with Gasteiger partial charge in [-0.3, -0.25) is 19.4 Å². The molecule has 1 unspecified atom stereocenters. The van der Waals surface area contributed by atoms with Crippen LogP contribution in [0.2, 0.25) is 0 Å². The Balaban J connectivity index is 1.48. The van der Waals surface area contributed by atoms with Crippen LogP contribution in [-0.2, 0) is 9.59 Å². The fourth-order valence-electron chi connectivity index (χ4n) is 3.34. The zero-order valence-corrected chi connectivity index (χ0v) is 19.4. The van der Waals surface area contributed by atoms with Crippen LogP contribution in [0.1, 0.15) is 20.3 Å².